The van der Waals surface area contributed by atoms with Gasteiger partial charge in [0.1, 0.15) is 6.04 Å². The molecule has 4 rings (SSSR count). The van der Waals surface area contributed by atoms with Crippen LogP contribution in [0.1, 0.15) is 35.9 Å². The number of hydrogen-bond donors (Lipinski definition) is 0. The van der Waals surface area contributed by atoms with Crippen LogP contribution in [0.4, 0.5) is 0 Å². The van der Waals surface area contributed by atoms with Crippen molar-refractivity contribution >= 4 is 5.91 Å². The number of likely N-dealkylation sites (tertiary alicyclic amines) is 1. The highest BCUT2D eigenvalue weighted by molar-refractivity contribution is 5.85. The third kappa shape index (κ3) is 2.13. The zero-order valence-electron chi connectivity index (χ0n) is 11.9. The van der Waals surface area contributed by atoms with Gasteiger partial charge in [0, 0.05) is 13.1 Å². The van der Waals surface area contributed by atoms with Crippen LogP contribution in [0, 0.1) is 0 Å². The average molecular weight is 282 g/mol. The molecule has 1 unspecified atom stereocenters. The summed E-state index contributed by atoms with van der Waals surface area (Å²) >= 11 is 0. The number of nitrogens with zero attached hydrogens (tertiary/aromatic N) is 4. The number of aryl methyl sites for hydroxylation is 1. The van der Waals surface area contributed by atoms with Gasteiger partial charge in [0.25, 0.3) is 0 Å². The number of rotatable bonds is 2. The Balaban J connectivity index is 1.48. The van der Waals surface area contributed by atoms with Crippen LogP contribution in [0.15, 0.2) is 36.7 Å². The Labute approximate surface area is 123 Å². The summed E-state index contributed by atoms with van der Waals surface area (Å²) in [5.41, 5.74) is 2.57. The molecule has 21 heavy (non-hydrogen) atoms. The predicted octanol–water partition coefficient (Wildman–Crippen LogP) is 1.78. The molecule has 1 atom stereocenters. The third-order valence-electron chi connectivity index (χ3n) is 4.60. The Hall–Kier alpha value is -2.17. The van der Waals surface area contributed by atoms with E-state index in [1.807, 2.05) is 11.0 Å². The Kier molecular flexibility index (Phi) is 2.98. The second-order valence-electron chi connectivity index (χ2n) is 5.89. The topological polar surface area (TPSA) is 51.0 Å². The van der Waals surface area contributed by atoms with E-state index in [9.17, 15) is 4.79 Å². The molecule has 1 aliphatic carbocycles. The first-order valence-electron chi connectivity index (χ1n) is 7.55. The van der Waals surface area contributed by atoms with E-state index in [0.717, 1.165) is 32.4 Å². The lowest BCUT2D eigenvalue weighted by Crippen LogP contribution is -2.53. The first-order chi connectivity index (χ1) is 10.3. The summed E-state index contributed by atoms with van der Waals surface area (Å²) in [4.78, 5) is 16.4. The highest BCUT2D eigenvalue weighted by Crippen LogP contribution is 2.34. The third-order valence-corrected chi connectivity index (χ3v) is 4.60. The summed E-state index contributed by atoms with van der Waals surface area (Å²) in [6, 6.07) is 8.61. The van der Waals surface area contributed by atoms with Crippen molar-refractivity contribution < 1.29 is 4.79 Å². The van der Waals surface area contributed by atoms with Crippen molar-refractivity contribution in [1.29, 1.82) is 0 Å². The van der Waals surface area contributed by atoms with Gasteiger partial charge in [-0.3, -0.25) is 4.79 Å². The molecule has 0 saturated carbocycles. The number of fused-ring (bicyclic) bond motifs is 1. The van der Waals surface area contributed by atoms with Crippen molar-refractivity contribution in [1.82, 2.24) is 19.9 Å². The van der Waals surface area contributed by atoms with E-state index in [0.29, 0.717) is 0 Å². The molecule has 1 aromatic heterocycles. The lowest BCUT2D eigenvalue weighted by molar-refractivity contribution is -0.139. The molecular weight excluding hydrogens is 264 g/mol. The number of carbonyl (C=O) groups excluding carboxylic acids is 1. The number of benzene rings is 1. The lowest BCUT2D eigenvalue weighted by atomic mass is 9.81. The average Bonchev–Trinajstić information content (AvgIpc) is 2.99. The number of amides is 1. The minimum absolute atomic E-state index is 0.0430. The van der Waals surface area contributed by atoms with Gasteiger partial charge >= 0.3 is 0 Å². The molecule has 0 radical (unpaired) electrons. The molecule has 1 aliphatic heterocycles. The fourth-order valence-electron chi connectivity index (χ4n) is 3.43. The molecule has 0 N–H and O–H groups in total. The van der Waals surface area contributed by atoms with Crippen molar-refractivity contribution in [3.63, 3.8) is 0 Å². The van der Waals surface area contributed by atoms with Crippen molar-refractivity contribution in [3.8, 4) is 0 Å². The normalized spacial score (nSPS) is 21.7. The molecule has 5 heteroatoms. The standard InChI is InChI=1S/C16H18N4O/c21-16(19-10-13(11-19)20-17-8-9-18-20)15-7-3-5-12-4-1-2-6-14(12)15/h1-2,4,6,8-9,13,15H,3,5,7,10-11H2. The van der Waals surface area contributed by atoms with E-state index in [-0.39, 0.29) is 17.9 Å². The summed E-state index contributed by atoms with van der Waals surface area (Å²) in [6.07, 6.45) is 6.53. The van der Waals surface area contributed by atoms with E-state index in [1.165, 1.54) is 11.1 Å². The van der Waals surface area contributed by atoms with Crippen LogP contribution >= 0.6 is 0 Å². The Morgan fingerprint density at radius 1 is 1.14 bits per heavy atom. The van der Waals surface area contributed by atoms with Crippen molar-refractivity contribution in [2.75, 3.05) is 13.1 Å². The van der Waals surface area contributed by atoms with E-state index >= 15 is 0 Å². The van der Waals surface area contributed by atoms with Crippen molar-refractivity contribution in [3.05, 3.63) is 47.8 Å². The van der Waals surface area contributed by atoms with Crippen molar-refractivity contribution in [2.45, 2.75) is 31.2 Å². The second kappa shape index (κ2) is 4.98. The van der Waals surface area contributed by atoms with Gasteiger partial charge in [-0.2, -0.15) is 15.0 Å². The van der Waals surface area contributed by atoms with Gasteiger partial charge in [0.2, 0.25) is 5.91 Å². The maximum absolute atomic E-state index is 12.7. The Morgan fingerprint density at radius 2 is 1.90 bits per heavy atom. The second-order valence-corrected chi connectivity index (χ2v) is 5.89. The quantitative estimate of drug-likeness (QED) is 0.843. The van der Waals surface area contributed by atoms with Crippen molar-refractivity contribution in [2.24, 2.45) is 0 Å². The molecule has 1 amide bonds. The number of hydrogen-bond acceptors (Lipinski definition) is 3. The van der Waals surface area contributed by atoms with Crippen LogP contribution in [-0.4, -0.2) is 38.9 Å². The highest BCUT2D eigenvalue weighted by atomic mass is 16.2. The van der Waals surface area contributed by atoms with E-state index in [1.54, 1.807) is 17.2 Å². The Bertz CT molecular complexity index is 646. The smallest absolute Gasteiger partial charge is 0.230 e. The molecule has 2 heterocycles. The van der Waals surface area contributed by atoms with Crippen LogP contribution < -0.4 is 0 Å². The monoisotopic (exact) mass is 282 g/mol. The molecule has 0 spiro atoms. The van der Waals surface area contributed by atoms with E-state index in [4.69, 9.17) is 0 Å². The first-order valence-corrected chi connectivity index (χ1v) is 7.55. The molecular formula is C16H18N4O. The maximum Gasteiger partial charge on any atom is 0.230 e. The summed E-state index contributed by atoms with van der Waals surface area (Å²) < 4.78 is 0. The predicted molar refractivity (Wildman–Crippen MR) is 77.8 cm³/mol. The van der Waals surface area contributed by atoms with Crippen LogP contribution in [0.25, 0.3) is 0 Å². The SMILES string of the molecule is O=C(C1CCCc2ccccc21)N1CC(n2nccn2)C1. The zero-order valence-corrected chi connectivity index (χ0v) is 11.9. The van der Waals surface area contributed by atoms with Gasteiger partial charge in [-0.15, -0.1) is 0 Å². The van der Waals surface area contributed by atoms with E-state index in [2.05, 4.69) is 28.4 Å². The Morgan fingerprint density at radius 3 is 2.71 bits per heavy atom. The number of carbonyl (C=O) groups is 1. The minimum Gasteiger partial charge on any atom is -0.338 e. The lowest BCUT2D eigenvalue weighted by Gasteiger charge is -2.41. The van der Waals surface area contributed by atoms with Gasteiger partial charge < -0.3 is 4.90 Å². The van der Waals surface area contributed by atoms with Crippen LogP contribution in [0.3, 0.4) is 0 Å². The molecule has 2 aromatic rings. The molecule has 108 valence electrons. The molecule has 1 fully saturated rings. The van der Waals surface area contributed by atoms with Gasteiger partial charge in [0.15, 0.2) is 0 Å². The molecule has 2 aliphatic rings. The minimum atomic E-state index is 0.0430. The van der Waals surface area contributed by atoms with Crippen LogP contribution in [-0.2, 0) is 11.2 Å². The maximum atomic E-state index is 12.7. The summed E-state index contributed by atoms with van der Waals surface area (Å²) in [5.74, 6) is 0.312. The van der Waals surface area contributed by atoms with Gasteiger partial charge in [-0.25, -0.2) is 0 Å². The first kappa shape index (κ1) is 12.6. The van der Waals surface area contributed by atoms with Gasteiger partial charge in [-0.05, 0) is 30.4 Å². The number of aromatic nitrogens is 3. The fraction of sp³-hybridized carbons (Fsp3) is 0.438. The fourth-order valence-corrected chi connectivity index (χ4v) is 3.43. The van der Waals surface area contributed by atoms with Gasteiger partial charge in [0.05, 0.1) is 18.3 Å². The van der Waals surface area contributed by atoms with E-state index < -0.39 is 0 Å². The molecule has 1 aromatic carbocycles. The largest absolute Gasteiger partial charge is 0.338 e. The molecule has 1 saturated heterocycles. The van der Waals surface area contributed by atoms with Gasteiger partial charge in [-0.1, -0.05) is 24.3 Å². The summed E-state index contributed by atoms with van der Waals surface area (Å²) in [7, 11) is 0. The van der Waals surface area contributed by atoms with Crippen LogP contribution in [0.5, 0.6) is 0 Å². The summed E-state index contributed by atoms with van der Waals surface area (Å²) in [5, 5.41) is 8.30. The molecule has 0 bridgehead atoms. The highest BCUT2D eigenvalue weighted by Gasteiger charge is 2.37. The summed E-state index contributed by atoms with van der Waals surface area (Å²) in [6.45, 7) is 1.46. The zero-order chi connectivity index (χ0) is 14.2. The van der Waals surface area contributed by atoms with Crippen LogP contribution in [0.2, 0.25) is 0 Å². The molecule has 5 nitrogen and oxygen atoms in total.